The van der Waals surface area contributed by atoms with Crippen LogP contribution in [0.25, 0.3) is 0 Å². The molecule has 1 aromatic heterocycles. The maximum Gasteiger partial charge on any atom is 0.154 e. The fourth-order valence-electron chi connectivity index (χ4n) is 3.08. The second-order valence-corrected chi connectivity index (χ2v) is 5.78. The van der Waals surface area contributed by atoms with Gasteiger partial charge in [-0.25, -0.2) is 0 Å². The minimum absolute atomic E-state index is 0.361. The summed E-state index contributed by atoms with van der Waals surface area (Å²) in [5.41, 5.74) is 2.36. The molecule has 4 heteroatoms. The first-order chi connectivity index (χ1) is 10.8. The van der Waals surface area contributed by atoms with Crippen LogP contribution in [-0.2, 0) is 13.0 Å². The fourth-order valence-corrected chi connectivity index (χ4v) is 3.08. The van der Waals surface area contributed by atoms with Gasteiger partial charge in [0.05, 0.1) is 18.3 Å². The highest BCUT2D eigenvalue weighted by atomic mass is 16.5. The highest BCUT2D eigenvalue weighted by Crippen LogP contribution is 2.33. The van der Waals surface area contributed by atoms with Crippen molar-refractivity contribution in [3.8, 4) is 5.75 Å². The van der Waals surface area contributed by atoms with Crippen LogP contribution in [0.5, 0.6) is 5.75 Å². The van der Waals surface area contributed by atoms with E-state index in [1.165, 1.54) is 12.0 Å². The molecule has 2 heterocycles. The van der Waals surface area contributed by atoms with E-state index in [1.54, 1.807) is 0 Å². The van der Waals surface area contributed by atoms with Crippen LogP contribution in [0.1, 0.15) is 49.7 Å². The topological polar surface area (TPSA) is 38.5 Å². The number of benzene rings is 1. The first kappa shape index (κ1) is 15.1. The summed E-state index contributed by atoms with van der Waals surface area (Å²) in [7, 11) is 0. The first-order valence-corrected chi connectivity index (χ1v) is 8.21. The molecule has 0 saturated carbocycles. The van der Waals surface area contributed by atoms with Gasteiger partial charge in [-0.2, -0.15) is 0 Å². The summed E-state index contributed by atoms with van der Waals surface area (Å²) in [4.78, 5) is 2.48. The highest BCUT2D eigenvalue weighted by Gasteiger charge is 2.29. The van der Waals surface area contributed by atoms with E-state index >= 15 is 0 Å². The molecular formula is C18H24N2O2. The SMILES string of the molecule is CCOc1ccc(CN2CCC[C@@H]2c2cc(CC)no2)cc1. The van der Waals surface area contributed by atoms with Crippen LogP contribution in [0.3, 0.4) is 0 Å². The molecule has 0 N–H and O–H groups in total. The summed E-state index contributed by atoms with van der Waals surface area (Å²) in [5.74, 6) is 1.95. The van der Waals surface area contributed by atoms with Gasteiger partial charge >= 0.3 is 0 Å². The van der Waals surface area contributed by atoms with Gasteiger partial charge in [-0.05, 0) is 50.4 Å². The highest BCUT2D eigenvalue weighted by molar-refractivity contribution is 5.27. The van der Waals surface area contributed by atoms with Crippen LogP contribution in [-0.4, -0.2) is 23.2 Å². The van der Waals surface area contributed by atoms with Crippen LogP contribution < -0.4 is 4.74 Å². The molecule has 0 spiro atoms. The maximum atomic E-state index is 5.55. The Hall–Kier alpha value is -1.81. The van der Waals surface area contributed by atoms with Crippen molar-refractivity contribution in [2.24, 2.45) is 0 Å². The van der Waals surface area contributed by atoms with Crippen LogP contribution in [0.4, 0.5) is 0 Å². The van der Waals surface area contributed by atoms with E-state index in [-0.39, 0.29) is 0 Å². The summed E-state index contributed by atoms with van der Waals surface area (Å²) < 4.78 is 11.0. The molecule has 1 aliphatic rings. The summed E-state index contributed by atoms with van der Waals surface area (Å²) in [6, 6.07) is 10.9. The monoisotopic (exact) mass is 300 g/mol. The van der Waals surface area contributed by atoms with Gasteiger partial charge in [-0.3, -0.25) is 4.90 Å². The van der Waals surface area contributed by atoms with Crippen molar-refractivity contribution >= 4 is 0 Å². The maximum absolute atomic E-state index is 5.55. The van der Waals surface area contributed by atoms with Crippen LogP contribution in [0.2, 0.25) is 0 Å². The van der Waals surface area contributed by atoms with Gasteiger partial charge in [-0.1, -0.05) is 24.2 Å². The molecule has 0 aliphatic carbocycles. The molecule has 4 nitrogen and oxygen atoms in total. The Labute approximate surface area is 132 Å². The summed E-state index contributed by atoms with van der Waals surface area (Å²) >= 11 is 0. The van der Waals surface area contributed by atoms with Crippen molar-refractivity contribution in [1.29, 1.82) is 0 Å². The van der Waals surface area contributed by atoms with Gasteiger partial charge in [0.2, 0.25) is 0 Å². The van der Waals surface area contributed by atoms with Crippen molar-refractivity contribution in [2.75, 3.05) is 13.2 Å². The Morgan fingerprint density at radius 2 is 2.09 bits per heavy atom. The number of ether oxygens (including phenoxy) is 1. The molecule has 118 valence electrons. The molecule has 0 radical (unpaired) electrons. The lowest BCUT2D eigenvalue weighted by molar-refractivity contribution is 0.206. The van der Waals surface area contributed by atoms with Crippen LogP contribution >= 0.6 is 0 Å². The molecular weight excluding hydrogens is 276 g/mol. The van der Waals surface area contributed by atoms with Gasteiger partial charge in [0, 0.05) is 12.6 Å². The van der Waals surface area contributed by atoms with E-state index < -0.39 is 0 Å². The molecule has 3 rings (SSSR count). The van der Waals surface area contributed by atoms with Crippen LogP contribution in [0, 0.1) is 0 Å². The number of hydrogen-bond donors (Lipinski definition) is 0. The third kappa shape index (κ3) is 3.33. The Balaban J connectivity index is 1.67. The quantitative estimate of drug-likeness (QED) is 0.809. The summed E-state index contributed by atoms with van der Waals surface area (Å²) in [5, 5.41) is 4.13. The lowest BCUT2D eigenvalue weighted by atomic mass is 10.1. The number of likely N-dealkylation sites (tertiary alicyclic amines) is 1. The predicted octanol–water partition coefficient (Wildman–Crippen LogP) is 3.97. The standard InChI is InChI=1S/C18H24N2O2/c1-3-15-12-18(22-19-15)17-6-5-11-20(17)13-14-7-9-16(10-8-14)21-4-2/h7-10,12,17H,3-6,11,13H2,1-2H3/t17-/m1/s1. The van der Waals surface area contributed by atoms with E-state index in [9.17, 15) is 0 Å². The average Bonchev–Trinajstić information content (AvgIpc) is 3.18. The molecule has 2 aromatic rings. The number of rotatable bonds is 6. The largest absolute Gasteiger partial charge is 0.494 e. The molecule has 0 unspecified atom stereocenters. The molecule has 1 atom stereocenters. The summed E-state index contributed by atoms with van der Waals surface area (Å²) in [6.45, 7) is 6.87. The van der Waals surface area contributed by atoms with Crippen LogP contribution in [0.15, 0.2) is 34.9 Å². The minimum atomic E-state index is 0.361. The number of aryl methyl sites for hydroxylation is 1. The molecule has 22 heavy (non-hydrogen) atoms. The zero-order chi connectivity index (χ0) is 15.4. The zero-order valence-electron chi connectivity index (χ0n) is 13.4. The normalized spacial score (nSPS) is 18.7. The van der Waals surface area contributed by atoms with E-state index in [0.717, 1.165) is 43.1 Å². The van der Waals surface area contributed by atoms with E-state index in [1.807, 2.05) is 19.1 Å². The minimum Gasteiger partial charge on any atom is -0.494 e. The third-order valence-corrected chi connectivity index (χ3v) is 4.25. The van der Waals surface area contributed by atoms with Gasteiger partial charge in [0.1, 0.15) is 5.75 Å². The van der Waals surface area contributed by atoms with Crippen molar-refractivity contribution in [3.63, 3.8) is 0 Å². The predicted molar refractivity (Wildman–Crippen MR) is 85.9 cm³/mol. The molecule has 1 fully saturated rings. The Bertz CT molecular complexity index is 591. The van der Waals surface area contributed by atoms with Crippen molar-refractivity contribution < 1.29 is 9.26 Å². The second kappa shape index (κ2) is 6.97. The number of nitrogens with zero attached hydrogens (tertiary/aromatic N) is 2. The molecule has 1 aromatic carbocycles. The Morgan fingerprint density at radius 3 is 2.77 bits per heavy atom. The third-order valence-electron chi connectivity index (χ3n) is 4.25. The summed E-state index contributed by atoms with van der Waals surface area (Å²) in [6.07, 6.45) is 3.29. The first-order valence-electron chi connectivity index (χ1n) is 8.21. The number of hydrogen-bond acceptors (Lipinski definition) is 4. The molecule has 1 aliphatic heterocycles. The Kier molecular flexibility index (Phi) is 4.78. The average molecular weight is 300 g/mol. The smallest absolute Gasteiger partial charge is 0.154 e. The van der Waals surface area contributed by atoms with Gasteiger partial charge in [-0.15, -0.1) is 0 Å². The Morgan fingerprint density at radius 1 is 1.27 bits per heavy atom. The van der Waals surface area contributed by atoms with E-state index in [4.69, 9.17) is 9.26 Å². The van der Waals surface area contributed by atoms with Gasteiger partial charge in [0.15, 0.2) is 5.76 Å². The zero-order valence-corrected chi connectivity index (χ0v) is 13.4. The molecule has 0 amide bonds. The van der Waals surface area contributed by atoms with Crippen molar-refractivity contribution in [1.82, 2.24) is 10.1 Å². The second-order valence-electron chi connectivity index (χ2n) is 5.78. The molecule has 1 saturated heterocycles. The fraction of sp³-hybridized carbons (Fsp3) is 0.500. The lowest BCUT2D eigenvalue weighted by Gasteiger charge is -2.22. The van der Waals surface area contributed by atoms with E-state index in [0.29, 0.717) is 12.6 Å². The van der Waals surface area contributed by atoms with E-state index in [2.05, 4.69) is 35.2 Å². The molecule has 0 bridgehead atoms. The van der Waals surface area contributed by atoms with Gasteiger partial charge in [0.25, 0.3) is 0 Å². The number of aromatic nitrogens is 1. The van der Waals surface area contributed by atoms with Crippen molar-refractivity contribution in [2.45, 2.75) is 45.7 Å². The van der Waals surface area contributed by atoms with Crippen molar-refractivity contribution in [3.05, 3.63) is 47.3 Å². The van der Waals surface area contributed by atoms with Gasteiger partial charge < -0.3 is 9.26 Å². The lowest BCUT2D eigenvalue weighted by Crippen LogP contribution is -2.22.